The summed E-state index contributed by atoms with van der Waals surface area (Å²) >= 11 is 0. The molecule has 7 aliphatic rings. The maximum Gasteiger partial charge on any atom is 0.306 e. The SMILES string of the molecule is CC1=CC(=O)[C@]2(O)[C@@]3(O)C(=O)[C@H]4[C@]5(CO)[C@H]6CC(=O)O[C@@H]5C[C@@]1([C@@]42C)[C@]63C. The Morgan fingerprint density at radius 2 is 1.81 bits per heavy atom. The van der Waals surface area contributed by atoms with Gasteiger partial charge in [-0.2, -0.15) is 0 Å². The quantitative estimate of drug-likeness (QED) is 0.530. The van der Waals surface area contributed by atoms with Crippen LogP contribution < -0.4 is 0 Å². The first kappa shape index (κ1) is 16.4. The van der Waals surface area contributed by atoms with E-state index in [1.807, 2.05) is 0 Å². The van der Waals surface area contributed by atoms with Gasteiger partial charge in [0.15, 0.2) is 22.8 Å². The van der Waals surface area contributed by atoms with E-state index in [9.17, 15) is 29.7 Å². The summed E-state index contributed by atoms with van der Waals surface area (Å²) in [6.45, 7) is 4.86. The fourth-order valence-corrected chi connectivity index (χ4v) is 9.70. The minimum absolute atomic E-state index is 0.0466. The first-order chi connectivity index (χ1) is 12.5. The van der Waals surface area contributed by atoms with Crippen LogP contribution in [0.15, 0.2) is 11.6 Å². The molecule has 0 aromatic rings. The number of hydrogen-bond acceptors (Lipinski definition) is 7. The Balaban J connectivity index is 1.85. The van der Waals surface area contributed by atoms with Crippen molar-refractivity contribution in [3.05, 3.63) is 11.6 Å². The van der Waals surface area contributed by atoms with Gasteiger partial charge in [0.25, 0.3) is 0 Å². The summed E-state index contributed by atoms with van der Waals surface area (Å²) in [5.41, 5.74) is -8.26. The summed E-state index contributed by atoms with van der Waals surface area (Å²) in [5, 5.41) is 34.2. The van der Waals surface area contributed by atoms with E-state index in [2.05, 4.69) is 0 Å². The van der Waals surface area contributed by atoms with Crippen LogP contribution in [0, 0.1) is 33.5 Å². The molecule has 1 aliphatic heterocycles. The third-order valence-electron chi connectivity index (χ3n) is 10.3. The molecule has 6 aliphatic carbocycles. The van der Waals surface area contributed by atoms with Crippen molar-refractivity contribution >= 4 is 17.5 Å². The minimum Gasteiger partial charge on any atom is -0.462 e. The number of aliphatic hydroxyl groups is 3. The van der Waals surface area contributed by atoms with Crippen LogP contribution in [0.3, 0.4) is 0 Å². The number of allylic oxidation sites excluding steroid dienone is 1. The molecule has 7 nitrogen and oxygen atoms in total. The molecule has 5 saturated carbocycles. The predicted molar refractivity (Wildman–Crippen MR) is 87.9 cm³/mol. The molecule has 1 heterocycles. The summed E-state index contributed by atoms with van der Waals surface area (Å²) < 4.78 is 5.64. The summed E-state index contributed by atoms with van der Waals surface area (Å²) in [5.74, 6) is -3.17. The van der Waals surface area contributed by atoms with Gasteiger partial charge in [-0.3, -0.25) is 14.4 Å². The molecule has 3 N–H and O–H groups in total. The lowest BCUT2D eigenvalue weighted by molar-refractivity contribution is -0.341. The molecule has 9 atom stereocenters. The number of carbonyl (C=O) groups is 3. The number of ether oxygens (including phenoxy) is 1. The fraction of sp³-hybridized carbons (Fsp3) is 0.750. The molecule has 0 amide bonds. The molecule has 0 aromatic carbocycles. The molecule has 7 heteroatoms. The molecule has 0 unspecified atom stereocenters. The van der Waals surface area contributed by atoms with Crippen molar-refractivity contribution in [2.24, 2.45) is 33.5 Å². The van der Waals surface area contributed by atoms with Crippen molar-refractivity contribution in [3.8, 4) is 0 Å². The van der Waals surface area contributed by atoms with E-state index in [0.717, 1.165) is 5.57 Å². The normalized spacial score (nSPS) is 64.3. The monoisotopic (exact) mass is 374 g/mol. The van der Waals surface area contributed by atoms with E-state index < -0.39 is 74.9 Å². The molecule has 1 spiro atoms. The van der Waals surface area contributed by atoms with E-state index >= 15 is 0 Å². The summed E-state index contributed by atoms with van der Waals surface area (Å²) in [6.07, 6.45) is 0.928. The van der Waals surface area contributed by atoms with Crippen LogP contribution in [0.1, 0.15) is 33.6 Å². The highest BCUT2D eigenvalue weighted by molar-refractivity contribution is 6.15. The van der Waals surface area contributed by atoms with Gasteiger partial charge in [0.1, 0.15) is 6.10 Å². The average molecular weight is 374 g/mol. The van der Waals surface area contributed by atoms with Crippen LogP contribution in [0.25, 0.3) is 0 Å². The molecule has 144 valence electrons. The van der Waals surface area contributed by atoms with E-state index in [-0.39, 0.29) is 12.8 Å². The number of esters is 1. The second-order valence-corrected chi connectivity index (χ2v) is 9.93. The second-order valence-electron chi connectivity index (χ2n) is 9.93. The summed E-state index contributed by atoms with van der Waals surface area (Å²) in [7, 11) is 0. The average Bonchev–Trinajstić information content (AvgIpc) is 2.78. The topological polar surface area (TPSA) is 121 Å². The molecular formula is C20H22O7. The molecule has 0 aromatic heterocycles. The lowest BCUT2D eigenvalue weighted by Gasteiger charge is -2.78. The van der Waals surface area contributed by atoms with Gasteiger partial charge in [-0.25, -0.2) is 0 Å². The van der Waals surface area contributed by atoms with Crippen LogP contribution in [-0.2, 0) is 19.1 Å². The molecule has 6 fully saturated rings. The van der Waals surface area contributed by atoms with Crippen molar-refractivity contribution in [2.45, 2.75) is 50.9 Å². The Hall–Kier alpha value is -1.57. The van der Waals surface area contributed by atoms with Gasteiger partial charge in [0.05, 0.1) is 6.61 Å². The van der Waals surface area contributed by atoms with Crippen molar-refractivity contribution in [3.63, 3.8) is 0 Å². The molecule has 27 heavy (non-hydrogen) atoms. The molecular weight excluding hydrogens is 352 g/mol. The van der Waals surface area contributed by atoms with Gasteiger partial charge in [0, 0.05) is 34.0 Å². The zero-order valence-corrected chi connectivity index (χ0v) is 15.4. The summed E-state index contributed by atoms with van der Waals surface area (Å²) in [4.78, 5) is 39.0. The minimum atomic E-state index is -2.28. The first-order valence-corrected chi connectivity index (χ1v) is 9.50. The number of aliphatic hydroxyl groups excluding tert-OH is 1. The zero-order valence-electron chi connectivity index (χ0n) is 15.4. The third kappa shape index (κ3) is 0.922. The van der Waals surface area contributed by atoms with Gasteiger partial charge in [-0.15, -0.1) is 0 Å². The van der Waals surface area contributed by atoms with Crippen molar-refractivity contribution in [2.75, 3.05) is 6.61 Å². The smallest absolute Gasteiger partial charge is 0.306 e. The molecule has 0 radical (unpaired) electrons. The number of ketones is 2. The Kier molecular flexibility index (Phi) is 2.23. The van der Waals surface area contributed by atoms with E-state index in [0.29, 0.717) is 0 Å². The van der Waals surface area contributed by atoms with Gasteiger partial charge in [-0.05, 0) is 25.3 Å². The number of Topliss-reactive ketones (excluding diaryl/α,β-unsaturated/α-hetero) is 1. The van der Waals surface area contributed by atoms with Crippen LogP contribution >= 0.6 is 0 Å². The van der Waals surface area contributed by atoms with E-state index in [1.54, 1.807) is 20.8 Å². The Labute approximate surface area is 155 Å². The number of hydrogen-bond donors (Lipinski definition) is 3. The number of rotatable bonds is 1. The maximum atomic E-state index is 13.6. The van der Waals surface area contributed by atoms with Gasteiger partial charge < -0.3 is 20.1 Å². The molecule has 7 rings (SSSR count). The van der Waals surface area contributed by atoms with Crippen molar-refractivity contribution in [1.29, 1.82) is 0 Å². The van der Waals surface area contributed by atoms with E-state index in [4.69, 9.17) is 4.74 Å². The first-order valence-electron chi connectivity index (χ1n) is 9.50. The largest absolute Gasteiger partial charge is 0.462 e. The van der Waals surface area contributed by atoms with Crippen LogP contribution in [0.4, 0.5) is 0 Å². The van der Waals surface area contributed by atoms with E-state index in [1.165, 1.54) is 6.08 Å². The Morgan fingerprint density at radius 1 is 1.15 bits per heavy atom. The molecule has 8 bridgehead atoms. The van der Waals surface area contributed by atoms with Crippen LogP contribution in [0.5, 0.6) is 0 Å². The maximum absolute atomic E-state index is 13.6. The van der Waals surface area contributed by atoms with Crippen molar-refractivity contribution < 1.29 is 34.4 Å². The van der Waals surface area contributed by atoms with Crippen LogP contribution in [-0.4, -0.2) is 56.8 Å². The van der Waals surface area contributed by atoms with Gasteiger partial charge >= 0.3 is 5.97 Å². The van der Waals surface area contributed by atoms with Crippen LogP contribution in [0.2, 0.25) is 0 Å². The highest BCUT2D eigenvalue weighted by Gasteiger charge is 3.05. The van der Waals surface area contributed by atoms with Gasteiger partial charge in [0.2, 0.25) is 0 Å². The molecule has 1 saturated heterocycles. The number of carbonyl (C=O) groups excluding carboxylic acids is 3. The lowest BCUT2D eigenvalue weighted by atomic mass is 9.24. The Morgan fingerprint density at radius 3 is 2.44 bits per heavy atom. The second kappa shape index (κ2) is 3.67. The standard InChI is InChI=1S/C20H22O7/c1-8-4-10(22)19(25)16(3)13-14(24)20(19,26)15(2)9-5-12(23)27-11(6-18(8,15)16)17(9,13)7-21/h4,9,11,13,21,25-26H,5-7H2,1-3H3/t9-,11+,13+,15-,16+,17+,18-,19+,20+/m0/s1. The zero-order chi connectivity index (χ0) is 19.6. The lowest BCUT2D eigenvalue weighted by Crippen LogP contribution is -2.84. The van der Waals surface area contributed by atoms with Crippen molar-refractivity contribution in [1.82, 2.24) is 0 Å². The third-order valence-corrected chi connectivity index (χ3v) is 10.3. The highest BCUT2D eigenvalue weighted by Crippen LogP contribution is 2.95. The fourth-order valence-electron chi connectivity index (χ4n) is 9.70. The summed E-state index contributed by atoms with van der Waals surface area (Å²) in [6, 6.07) is 0. The highest BCUT2D eigenvalue weighted by atomic mass is 16.5. The van der Waals surface area contributed by atoms with Gasteiger partial charge in [-0.1, -0.05) is 19.4 Å². The Bertz CT molecular complexity index is 939. The predicted octanol–water partition coefficient (Wildman–Crippen LogP) is -0.483.